The second-order valence-corrected chi connectivity index (χ2v) is 6.70. The maximum atomic E-state index is 11.8. The monoisotopic (exact) mass is 358 g/mol. The highest BCUT2D eigenvalue weighted by atomic mass is 16.5. The number of amides is 2. The summed E-state index contributed by atoms with van der Waals surface area (Å²) in [5, 5.41) is 4.98. The fourth-order valence-corrected chi connectivity index (χ4v) is 2.10. The van der Waals surface area contributed by atoms with Gasteiger partial charge in [-0.15, -0.1) is 0 Å². The first-order valence-corrected chi connectivity index (χ1v) is 8.13. The molecule has 2 N–H and O–H groups in total. The molecule has 0 saturated carbocycles. The summed E-state index contributed by atoms with van der Waals surface area (Å²) in [6, 6.07) is 10.5. The van der Waals surface area contributed by atoms with E-state index in [1.54, 1.807) is 18.2 Å². The van der Waals surface area contributed by atoms with Crippen LogP contribution in [0.5, 0.6) is 0 Å². The summed E-state index contributed by atoms with van der Waals surface area (Å²) in [5.41, 5.74) is 1.79. The summed E-state index contributed by atoms with van der Waals surface area (Å²) >= 11 is 0. The summed E-state index contributed by atoms with van der Waals surface area (Å²) < 4.78 is 9.72. The molecule has 2 amide bonds. The highest BCUT2D eigenvalue weighted by Gasteiger charge is 2.14. The lowest BCUT2D eigenvalue weighted by Gasteiger charge is -2.19. The van der Waals surface area contributed by atoms with Crippen LogP contribution < -0.4 is 10.6 Å². The molecule has 1 aromatic heterocycles. The molecular weight excluding hydrogens is 336 g/mol. The van der Waals surface area contributed by atoms with E-state index in [9.17, 15) is 14.4 Å². The lowest BCUT2D eigenvalue weighted by Crippen LogP contribution is -2.32. The number of esters is 1. The Balaban J connectivity index is 1.72. The average molecular weight is 358 g/mol. The number of nitrogens with one attached hydrogen (secondary N) is 2. The molecule has 0 aliphatic heterocycles. The molecule has 1 heterocycles. The molecule has 138 valence electrons. The van der Waals surface area contributed by atoms with Crippen LogP contribution in [0.15, 0.2) is 47.1 Å². The number of hydrogen-bond acceptors (Lipinski definition) is 5. The van der Waals surface area contributed by atoms with Crippen molar-refractivity contribution in [1.82, 2.24) is 5.32 Å². The van der Waals surface area contributed by atoms with Gasteiger partial charge in [0.1, 0.15) is 6.54 Å². The molecule has 0 aliphatic carbocycles. The minimum atomic E-state index is -0.719. The van der Waals surface area contributed by atoms with Gasteiger partial charge in [0.25, 0.3) is 11.8 Å². The van der Waals surface area contributed by atoms with Gasteiger partial charge in [-0.25, -0.2) is 0 Å². The zero-order chi connectivity index (χ0) is 19.2. The molecule has 0 spiro atoms. The van der Waals surface area contributed by atoms with Crippen LogP contribution in [-0.4, -0.2) is 30.9 Å². The first-order chi connectivity index (χ1) is 12.3. The van der Waals surface area contributed by atoms with Gasteiger partial charge >= 0.3 is 5.97 Å². The van der Waals surface area contributed by atoms with Gasteiger partial charge in [0, 0.05) is 5.69 Å². The number of carbonyl (C=O) groups excluding carboxylic acids is 3. The van der Waals surface area contributed by atoms with Crippen molar-refractivity contribution < 1.29 is 23.5 Å². The van der Waals surface area contributed by atoms with Crippen molar-refractivity contribution in [3.63, 3.8) is 0 Å². The SMILES string of the molecule is CC(C)(C)c1ccc(NC(=O)COC(=O)CNC(=O)c2ccco2)cc1. The van der Waals surface area contributed by atoms with Gasteiger partial charge in [0.15, 0.2) is 12.4 Å². The van der Waals surface area contributed by atoms with Crippen molar-refractivity contribution >= 4 is 23.5 Å². The Hall–Kier alpha value is -3.09. The van der Waals surface area contributed by atoms with Gasteiger partial charge in [-0.2, -0.15) is 0 Å². The molecule has 0 saturated heterocycles. The topological polar surface area (TPSA) is 97.6 Å². The number of hydrogen-bond donors (Lipinski definition) is 2. The smallest absolute Gasteiger partial charge is 0.325 e. The number of anilines is 1. The minimum Gasteiger partial charge on any atom is -0.459 e. The highest BCUT2D eigenvalue weighted by Crippen LogP contribution is 2.23. The molecule has 0 aliphatic rings. The predicted octanol–water partition coefficient (Wildman–Crippen LogP) is 2.49. The Kier molecular flexibility index (Phi) is 6.16. The van der Waals surface area contributed by atoms with Gasteiger partial charge in [-0.05, 0) is 35.2 Å². The van der Waals surface area contributed by atoms with E-state index in [1.165, 1.54) is 12.3 Å². The second-order valence-electron chi connectivity index (χ2n) is 6.70. The third-order valence-electron chi connectivity index (χ3n) is 3.54. The Bertz CT molecular complexity index is 758. The van der Waals surface area contributed by atoms with Crippen LogP contribution in [0.1, 0.15) is 36.9 Å². The van der Waals surface area contributed by atoms with Crippen LogP contribution in [0, 0.1) is 0 Å². The normalized spacial score (nSPS) is 10.9. The van der Waals surface area contributed by atoms with Crippen molar-refractivity contribution in [3.8, 4) is 0 Å². The van der Waals surface area contributed by atoms with Gasteiger partial charge < -0.3 is 19.8 Å². The second kappa shape index (κ2) is 8.33. The summed E-state index contributed by atoms with van der Waals surface area (Å²) in [4.78, 5) is 35.0. The molecular formula is C19H22N2O5. The summed E-state index contributed by atoms with van der Waals surface area (Å²) in [6.45, 7) is 5.52. The van der Waals surface area contributed by atoms with Gasteiger partial charge in [-0.1, -0.05) is 32.9 Å². The Morgan fingerprint density at radius 3 is 2.35 bits per heavy atom. The highest BCUT2D eigenvalue weighted by molar-refractivity contribution is 5.95. The summed E-state index contributed by atoms with van der Waals surface area (Å²) in [6.07, 6.45) is 1.35. The molecule has 2 rings (SSSR count). The zero-order valence-electron chi connectivity index (χ0n) is 15.0. The number of benzene rings is 1. The van der Waals surface area contributed by atoms with E-state index in [0.29, 0.717) is 5.69 Å². The zero-order valence-corrected chi connectivity index (χ0v) is 15.0. The van der Waals surface area contributed by atoms with Crippen molar-refractivity contribution in [2.75, 3.05) is 18.5 Å². The molecule has 7 heteroatoms. The third-order valence-corrected chi connectivity index (χ3v) is 3.54. The van der Waals surface area contributed by atoms with Crippen LogP contribution in [0.25, 0.3) is 0 Å². The van der Waals surface area contributed by atoms with E-state index in [0.717, 1.165) is 5.56 Å². The van der Waals surface area contributed by atoms with Crippen molar-refractivity contribution in [2.45, 2.75) is 26.2 Å². The third kappa shape index (κ3) is 5.77. The minimum absolute atomic E-state index is 0.0259. The lowest BCUT2D eigenvalue weighted by molar-refractivity contribution is -0.146. The number of carbonyl (C=O) groups is 3. The number of ether oxygens (including phenoxy) is 1. The van der Waals surface area contributed by atoms with Crippen LogP contribution in [0.2, 0.25) is 0 Å². The maximum absolute atomic E-state index is 11.8. The van der Waals surface area contributed by atoms with Crippen LogP contribution in [-0.2, 0) is 19.7 Å². The fourth-order valence-electron chi connectivity index (χ4n) is 2.10. The molecule has 2 aromatic rings. The standard InChI is InChI=1S/C19H22N2O5/c1-19(2,3)13-6-8-14(9-7-13)21-16(22)12-26-17(23)11-20-18(24)15-5-4-10-25-15/h4-10H,11-12H2,1-3H3,(H,20,24)(H,21,22). The van der Waals surface area contributed by atoms with Crippen molar-refractivity contribution in [3.05, 3.63) is 54.0 Å². The summed E-state index contributed by atoms with van der Waals surface area (Å²) in [7, 11) is 0. The maximum Gasteiger partial charge on any atom is 0.325 e. The van der Waals surface area contributed by atoms with E-state index in [1.807, 2.05) is 12.1 Å². The van der Waals surface area contributed by atoms with Gasteiger partial charge in [0.2, 0.25) is 0 Å². The molecule has 0 bridgehead atoms. The first kappa shape index (κ1) is 19.2. The van der Waals surface area contributed by atoms with Gasteiger partial charge in [0.05, 0.1) is 6.26 Å². The van der Waals surface area contributed by atoms with Crippen LogP contribution >= 0.6 is 0 Å². The number of rotatable bonds is 6. The summed E-state index contributed by atoms with van der Waals surface area (Å²) in [5.74, 6) is -1.62. The molecule has 0 radical (unpaired) electrons. The Morgan fingerprint density at radius 2 is 1.77 bits per heavy atom. The quantitative estimate of drug-likeness (QED) is 0.773. The molecule has 0 atom stereocenters. The van der Waals surface area contributed by atoms with Gasteiger partial charge in [-0.3, -0.25) is 14.4 Å². The predicted molar refractivity (Wildman–Crippen MR) is 95.8 cm³/mol. The fraction of sp³-hybridized carbons (Fsp3) is 0.316. The largest absolute Gasteiger partial charge is 0.459 e. The Morgan fingerprint density at radius 1 is 1.08 bits per heavy atom. The van der Waals surface area contributed by atoms with Crippen molar-refractivity contribution in [2.24, 2.45) is 0 Å². The number of furan rings is 1. The average Bonchev–Trinajstić information content (AvgIpc) is 3.12. The van der Waals surface area contributed by atoms with E-state index in [2.05, 4.69) is 31.4 Å². The van der Waals surface area contributed by atoms with E-state index in [4.69, 9.17) is 9.15 Å². The lowest BCUT2D eigenvalue weighted by atomic mass is 9.87. The van der Waals surface area contributed by atoms with E-state index < -0.39 is 24.4 Å². The van der Waals surface area contributed by atoms with Crippen LogP contribution in [0.3, 0.4) is 0 Å². The molecule has 0 fully saturated rings. The molecule has 7 nitrogen and oxygen atoms in total. The first-order valence-electron chi connectivity index (χ1n) is 8.13. The molecule has 26 heavy (non-hydrogen) atoms. The van der Waals surface area contributed by atoms with Crippen molar-refractivity contribution in [1.29, 1.82) is 0 Å². The van der Waals surface area contributed by atoms with Crippen LogP contribution in [0.4, 0.5) is 5.69 Å². The Labute approximate surface area is 151 Å². The van der Waals surface area contributed by atoms with E-state index >= 15 is 0 Å². The molecule has 1 aromatic carbocycles. The molecule has 0 unspecified atom stereocenters. The van der Waals surface area contributed by atoms with E-state index in [-0.39, 0.29) is 17.7 Å².